The number of thioether (sulfide) groups is 1. The van der Waals surface area contributed by atoms with Gasteiger partial charge in [-0.2, -0.15) is 30.7 Å². The molecule has 142 valence electrons. The second-order valence-corrected chi connectivity index (χ2v) is 6.81. The molecular formula is C17H12F8S. The van der Waals surface area contributed by atoms with Gasteiger partial charge in [-0.1, -0.05) is 18.2 Å². The molecule has 0 atom stereocenters. The summed E-state index contributed by atoms with van der Waals surface area (Å²) >= 11 is -0.890. The van der Waals surface area contributed by atoms with Crippen LogP contribution in [0.25, 0.3) is 11.1 Å². The Kier molecular flexibility index (Phi) is 5.34. The van der Waals surface area contributed by atoms with E-state index in [9.17, 15) is 35.1 Å². The fraction of sp³-hybridized carbons (Fsp3) is 0.294. The molecule has 0 spiro atoms. The zero-order chi connectivity index (χ0) is 19.9. The molecule has 0 radical (unpaired) electrons. The average molecular weight is 400 g/mol. The lowest BCUT2D eigenvalue weighted by Gasteiger charge is -2.28. The summed E-state index contributed by atoms with van der Waals surface area (Å²) in [6.07, 6.45) is -6.42. The maximum Gasteiger partial charge on any atom is 0.460 e. The molecule has 0 aliphatic rings. The zero-order valence-corrected chi connectivity index (χ0v) is 14.2. The summed E-state index contributed by atoms with van der Waals surface area (Å²) in [6, 6.07) is 7.31. The van der Waals surface area contributed by atoms with Crippen molar-refractivity contribution in [3.05, 3.63) is 53.3 Å². The lowest BCUT2D eigenvalue weighted by Crippen LogP contribution is -2.49. The van der Waals surface area contributed by atoms with Crippen LogP contribution in [0.15, 0.2) is 41.3 Å². The lowest BCUT2D eigenvalue weighted by molar-refractivity contribution is -0.330. The molecule has 0 aliphatic heterocycles. The van der Waals surface area contributed by atoms with Gasteiger partial charge in [0.05, 0.1) is 0 Å². The second-order valence-electron chi connectivity index (χ2n) is 5.66. The molecule has 26 heavy (non-hydrogen) atoms. The number of halogens is 8. The fourth-order valence-corrected chi connectivity index (χ4v) is 3.54. The molecule has 0 unspecified atom stereocenters. The summed E-state index contributed by atoms with van der Waals surface area (Å²) in [4.78, 5) is -0.498. The van der Waals surface area contributed by atoms with Crippen LogP contribution in [0.4, 0.5) is 35.1 Å². The standard InChI is InChI=1S/C17H12F8S/c1-9-6-10(2)14(11-4-3-5-12(18)8-11)13(7-9)26-17(24,25)15(19,20)16(21,22)23/h3-8H,1-2H3. The van der Waals surface area contributed by atoms with E-state index in [1.807, 2.05) is 0 Å². The van der Waals surface area contributed by atoms with Crippen molar-refractivity contribution in [1.82, 2.24) is 0 Å². The normalized spacial score (nSPS) is 13.2. The van der Waals surface area contributed by atoms with Crippen LogP contribution in [0.3, 0.4) is 0 Å². The van der Waals surface area contributed by atoms with Crippen molar-refractivity contribution in [3.63, 3.8) is 0 Å². The van der Waals surface area contributed by atoms with E-state index in [1.54, 1.807) is 0 Å². The second kappa shape index (κ2) is 6.75. The van der Waals surface area contributed by atoms with E-state index in [4.69, 9.17) is 0 Å². The van der Waals surface area contributed by atoms with Crippen LogP contribution >= 0.6 is 11.8 Å². The van der Waals surface area contributed by atoms with Gasteiger partial charge in [0.1, 0.15) is 5.82 Å². The molecular weight excluding hydrogens is 388 g/mol. The monoisotopic (exact) mass is 400 g/mol. The first kappa shape index (κ1) is 20.5. The molecule has 0 fully saturated rings. The fourth-order valence-electron chi connectivity index (χ4n) is 2.39. The van der Waals surface area contributed by atoms with Gasteiger partial charge < -0.3 is 0 Å². The predicted molar refractivity (Wildman–Crippen MR) is 83.1 cm³/mol. The Balaban J connectivity index is 2.60. The third-order valence-electron chi connectivity index (χ3n) is 3.52. The van der Waals surface area contributed by atoms with Gasteiger partial charge in [0.2, 0.25) is 0 Å². The van der Waals surface area contributed by atoms with E-state index in [2.05, 4.69) is 0 Å². The van der Waals surface area contributed by atoms with E-state index < -0.39 is 39.8 Å². The van der Waals surface area contributed by atoms with Crippen LogP contribution in [-0.4, -0.2) is 17.4 Å². The zero-order valence-electron chi connectivity index (χ0n) is 13.4. The first-order chi connectivity index (χ1) is 11.8. The Morgan fingerprint density at radius 1 is 0.846 bits per heavy atom. The van der Waals surface area contributed by atoms with Gasteiger partial charge >= 0.3 is 17.4 Å². The van der Waals surface area contributed by atoms with Gasteiger partial charge in [-0.3, -0.25) is 0 Å². The quantitative estimate of drug-likeness (QED) is 0.394. The van der Waals surface area contributed by atoms with Crippen molar-refractivity contribution in [2.24, 2.45) is 0 Å². The van der Waals surface area contributed by atoms with Crippen molar-refractivity contribution in [2.75, 3.05) is 0 Å². The molecule has 0 saturated carbocycles. The number of hydrogen-bond acceptors (Lipinski definition) is 1. The summed E-state index contributed by atoms with van der Waals surface area (Å²) in [5, 5.41) is -5.45. The third-order valence-corrected chi connectivity index (χ3v) is 4.57. The maximum atomic E-state index is 13.8. The summed E-state index contributed by atoms with van der Waals surface area (Å²) in [5.74, 6) is -6.94. The Bertz CT molecular complexity index is 811. The van der Waals surface area contributed by atoms with Crippen LogP contribution in [-0.2, 0) is 0 Å². The summed E-state index contributed by atoms with van der Waals surface area (Å²) in [5.41, 5.74) is 0.786. The van der Waals surface area contributed by atoms with Gasteiger partial charge in [-0.05, 0) is 66.1 Å². The SMILES string of the molecule is Cc1cc(C)c(-c2cccc(F)c2)c(SC(F)(F)C(F)(F)C(F)(F)F)c1. The third kappa shape index (κ3) is 3.82. The van der Waals surface area contributed by atoms with E-state index >= 15 is 0 Å². The predicted octanol–water partition coefficient (Wildman–Crippen LogP) is 6.99. The first-order valence-corrected chi connectivity index (χ1v) is 7.96. The highest BCUT2D eigenvalue weighted by molar-refractivity contribution is 8.00. The first-order valence-electron chi connectivity index (χ1n) is 7.15. The number of benzene rings is 2. The topological polar surface area (TPSA) is 0 Å². The van der Waals surface area contributed by atoms with Crippen molar-refractivity contribution in [1.29, 1.82) is 0 Å². The van der Waals surface area contributed by atoms with Crippen molar-refractivity contribution >= 4 is 11.8 Å². The molecule has 2 rings (SSSR count). The lowest BCUT2D eigenvalue weighted by atomic mass is 9.98. The van der Waals surface area contributed by atoms with Crippen molar-refractivity contribution in [2.45, 2.75) is 36.1 Å². The number of rotatable bonds is 4. The highest BCUT2D eigenvalue weighted by atomic mass is 32.2. The molecule has 0 nitrogen and oxygen atoms in total. The Morgan fingerprint density at radius 3 is 2.00 bits per heavy atom. The smallest absolute Gasteiger partial charge is 0.207 e. The van der Waals surface area contributed by atoms with Gasteiger partial charge in [0.25, 0.3) is 0 Å². The Labute approximate surface area is 148 Å². The van der Waals surface area contributed by atoms with Gasteiger partial charge in [-0.15, -0.1) is 0 Å². The van der Waals surface area contributed by atoms with E-state index in [-0.39, 0.29) is 11.1 Å². The largest absolute Gasteiger partial charge is 0.460 e. The minimum absolute atomic E-state index is 0.0299. The molecule has 2 aromatic rings. The number of aryl methyl sites for hydroxylation is 2. The number of alkyl halides is 7. The van der Waals surface area contributed by atoms with Gasteiger partial charge in [0, 0.05) is 4.90 Å². The van der Waals surface area contributed by atoms with Crippen LogP contribution < -0.4 is 0 Å². The van der Waals surface area contributed by atoms with Gasteiger partial charge in [-0.25, -0.2) is 4.39 Å². The van der Waals surface area contributed by atoms with Crippen molar-refractivity contribution in [3.8, 4) is 11.1 Å². The average Bonchev–Trinajstić information content (AvgIpc) is 2.44. The molecule has 0 aliphatic carbocycles. The van der Waals surface area contributed by atoms with Crippen LogP contribution in [0.1, 0.15) is 11.1 Å². The molecule has 0 bridgehead atoms. The summed E-state index contributed by atoms with van der Waals surface area (Å²) in [7, 11) is 0. The molecule has 0 N–H and O–H groups in total. The Hall–Kier alpha value is -1.77. The van der Waals surface area contributed by atoms with E-state index in [0.717, 1.165) is 18.2 Å². The summed E-state index contributed by atoms with van der Waals surface area (Å²) < 4.78 is 105. The molecule has 0 saturated heterocycles. The van der Waals surface area contributed by atoms with Crippen LogP contribution in [0.2, 0.25) is 0 Å². The van der Waals surface area contributed by atoms with E-state index in [0.29, 0.717) is 11.1 Å². The van der Waals surface area contributed by atoms with Crippen LogP contribution in [0.5, 0.6) is 0 Å². The molecule has 0 amide bonds. The minimum atomic E-state index is -6.42. The minimum Gasteiger partial charge on any atom is -0.207 e. The maximum absolute atomic E-state index is 13.8. The molecule has 2 aromatic carbocycles. The summed E-state index contributed by atoms with van der Waals surface area (Å²) in [6.45, 7) is 2.95. The Morgan fingerprint density at radius 2 is 1.46 bits per heavy atom. The van der Waals surface area contributed by atoms with E-state index in [1.165, 1.54) is 32.0 Å². The van der Waals surface area contributed by atoms with Crippen molar-refractivity contribution < 1.29 is 35.1 Å². The highest BCUT2D eigenvalue weighted by Gasteiger charge is 2.73. The highest BCUT2D eigenvalue weighted by Crippen LogP contribution is 2.55. The molecule has 9 heteroatoms. The van der Waals surface area contributed by atoms with Gasteiger partial charge in [0.15, 0.2) is 0 Å². The number of hydrogen-bond donors (Lipinski definition) is 0. The molecule has 0 aromatic heterocycles. The molecule has 0 heterocycles. The van der Waals surface area contributed by atoms with Crippen LogP contribution in [0, 0.1) is 19.7 Å².